The fourth-order valence-electron chi connectivity index (χ4n) is 4.19. The molecule has 0 spiro atoms. The first-order chi connectivity index (χ1) is 16.7. The van der Waals surface area contributed by atoms with Crippen molar-refractivity contribution in [3.63, 3.8) is 0 Å². The van der Waals surface area contributed by atoms with Crippen LogP contribution in [0.3, 0.4) is 0 Å². The van der Waals surface area contributed by atoms with E-state index in [-0.39, 0.29) is 25.5 Å². The number of benzene rings is 1. The molecule has 0 aliphatic carbocycles. The van der Waals surface area contributed by atoms with Gasteiger partial charge in [0.2, 0.25) is 23.6 Å². The largest absolute Gasteiger partial charge is 0.370 e. The Balaban J connectivity index is 2.52. The highest BCUT2D eigenvalue weighted by molar-refractivity contribution is 6.02. The van der Waals surface area contributed by atoms with Gasteiger partial charge in [-0.2, -0.15) is 0 Å². The van der Waals surface area contributed by atoms with Gasteiger partial charge in [-0.1, -0.05) is 57.0 Å². The number of nitrogens with two attached hydrogens (primary N) is 3. The van der Waals surface area contributed by atoms with Crippen molar-refractivity contribution in [2.24, 2.45) is 28.1 Å². The molecule has 11 nitrogen and oxygen atoms in total. The van der Waals surface area contributed by atoms with Crippen molar-refractivity contribution in [3.05, 3.63) is 35.9 Å². The quantitative estimate of drug-likeness (QED) is 0.166. The summed E-state index contributed by atoms with van der Waals surface area (Å²) in [4.78, 5) is 57.4. The smallest absolute Gasteiger partial charge is 0.246 e. The summed E-state index contributed by atoms with van der Waals surface area (Å²) in [5.74, 6) is -3.37. The second-order valence-electron chi connectivity index (χ2n) is 8.78. The Hall–Kier alpha value is -3.63. The number of aliphatic imine (C=N–C) groups is 1. The van der Waals surface area contributed by atoms with Crippen molar-refractivity contribution >= 4 is 29.6 Å². The van der Waals surface area contributed by atoms with Crippen LogP contribution in [0.1, 0.15) is 45.1 Å². The van der Waals surface area contributed by atoms with Crippen LogP contribution in [0.4, 0.5) is 0 Å². The van der Waals surface area contributed by atoms with Crippen LogP contribution in [0, 0.1) is 5.92 Å². The molecule has 192 valence electrons. The van der Waals surface area contributed by atoms with Crippen LogP contribution in [-0.4, -0.2) is 65.7 Å². The SMILES string of the molecule is CCCCC1C(=O)NC(Cc2ccccc2)C(=O)N(CC(N)=O)CC(C(CC)N=C(N)N)NC1=O. The molecule has 1 aromatic rings. The van der Waals surface area contributed by atoms with E-state index in [0.29, 0.717) is 19.3 Å². The molecule has 0 radical (unpaired) electrons. The molecular weight excluding hydrogens is 450 g/mol. The number of nitrogens with one attached hydrogen (secondary N) is 2. The van der Waals surface area contributed by atoms with Gasteiger partial charge in [0.1, 0.15) is 12.0 Å². The molecule has 4 atom stereocenters. The standard InChI is InChI=1S/C24H37N7O4/c1-3-5-11-16-21(33)28-18(12-15-9-7-6-8-10-15)23(35)31(14-20(25)32)13-19(29-22(16)34)17(4-2)30-24(26)27/h6-10,16-19H,3-5,11-14H2,1-2H3,(H2,25,32)(H,28,33)(H,29,34)(H4,26,27,30). The monoisotopic (exact) mass is 487 g/mol. The molecule has 0 saturated carbocycles. The fourth-order valence-corrected chi connectivity index (χ4v) is 4.19. The number of rotatable bonds is 10. The van der Waals surface area contributed by atoms with Gasteiger partial charge in [-0.3, -0.25) is 19.2 Å². The topological polar surface area (TPSA) is 186 Å². The summed E-state index contributed by atoms with van der Waals surface area (Å²) in [6.07, 6.45) is 2.42. The zero-order chi connectivity index (χ0) is 26.0. The van der Waals surface area contributed by atoms with E-state index in [0.717, 1.165) is 12.0 Å². The number of carbonyl (C=O) groups excluding carboxylic acids is 4. The number of unbranched alkanes of at least 4 members (excludes halogenated alkanes) is 1. The van der Waals surface area contributed by atoms with Gasteiger partial charge < -0.3 is 32.7 Å². The van der Waals surface area contributed by atoms with Gasteiger partial charge in [-0.25, -0.2) is 4.99 Å². The molecule has 0 aromatic heterocycles. The maximum absolute atomic E-state index is 13.6. The summed E-state index contributed by atoms with van der Waals surface area (Å²) in [6, 6.07) is 6.90. The highest BCUT2D eigenvalue weighted by Gasteiger charge is 2.37. The van der Waals surface area contributed by atoms with E-state index in [9.17, 15) is 19.2 Å². The van der Waals surface area contributed by atoms with Gasteiger partial charge in [0, 0.05) is 13.0 Å². The lowest BCUT2D eigenvalue weighted by Gasteiger charge is -2.35. The maximum atomic E-state index is 13.6. The summed E-state index contributed by atoms with van der Waals surface area (Å²) >= 11 is 0. The van der Waals surface area contributed by atoms with Crippen molar-refractivity contribution in [2.45, 2.75) is 64.1 Å². The van der Waals surface area contributed by atoms with E-state index in [4.69, 9.17) is 17.2 Å². The lowest BCUT2D eigenvalue weighted by Crippen LogP contribution is -2.61. The van der Waals surface area contributed by atoms with Crippen molar-refractivity contribution in [2.75, 3.05) is 13.1 Å². The predicted molar refractivity (Wildman–Crippen MR) is 133 cm³/mol. The van der Waals surface area contributed by atoms with Gasteiger partial charge in [0.05, 0.1) is 18.6 Å². The molecule has 1 heterocycles. The van der Waals surface area contributed by atoms with Crippen molar-refractivity contribution < 1.29 is 19.2 Å². The van der Waals surface area contributed by atoms with Crippen molar-refractivity contribution in [1.29, 1.82) is 0 Å². The average Bonchev–Trinajstić information content (AvgIpc) is 2.80. The van der Waals surface area contributed by atoms with E-state index < -0.39 is 47.7 Å². The summed E-state index contributed by atoms with van der Waals surface area (Å²) in [5.41, 5.74) is 17.5. The first kappa shape index (κ1) is 27.6. The van der Waals surface area contributed by atoms with Crippen LogP contribution in [0.5, 0.6) is 0 Å². The van der Waals surface area contributed by atoms with E-state index >= 15 is 0 Å². The average molecular weight is 488 g/mol. The summed E-state index contributed by atoms with van der Waals surface area (Å²) < 4.78 is 0. The number of nitrogens with zero attached hydrogens (tertiary/aromatic N) is 2. The predicted octanol–water partition coefficient (Wildman–Crippen LogP) is -0.615. The third-order valence-electron chi connectivity index (χ3n) is 5.98. The molecule has 1 saturated heterocycles. The minimum atomic E-state index is -0.983. The van der Waals surface area contributed by atoms with Gasteiger partial charge in [-0.05, 0) is 18.4 Å². The van der Waals surface area contributed by atoms with E-state index in [1.807, 2.05) is 44.2 Å². The zero-order valence-corrected chi connectivity index (χ0v) is 20.4. The highest BCUT2D eigenvalue weighted by atomic mass is 16.2. The van der Waals surface area contributed by atoms with E-state index in [1.165, 1.54) is 4.90 Å². The van der Waals surface area contributed by atoms with Gasteiger partial charge >= 0.3 is 0 Å². The van der Waals surface area contributed by atoms with Crippen LogP contribution < -0.4 is 27.8 Å². The van der Waals surface area contributed by atoms with Crippen LogP contribution in [0.2, 0.25) is 0 Å². The summed E-state index contributed by atoms with van der Waals surface area (Å²) in [7, 11) is 0. The first-order valence-electron chi connectivity index (χ1n) is 12.0. The molecule has 1 aromatic carbocycles. The molecule has 1 aliphatic rings. The molecule has 1 aliphatic heterocycles. The highest BCUT2D eigenvalue weighted by Crippen LogP contribution is 2.17. The molecule has 0 bridgehead atoms. The second kappa shape index (κ2) is 13.3. The molecule has 4 amide bonds. The van der Waals surface area contributed by atoms with E-state index in [2.05, 4.69) is 15.6 Å². The molecule has 1 fully saturated rings. The molecular formula is C24H37N7O4. The number of carbonyl (C=O) groups is 4. The zero-order valence-electron chi connectivity index (χ0n) is 20.4. The second-order valence-corrected chi connectivity index (χ2v) is 8.78. The van der Waals surface area contributed by atoms with E-state index in [1.54, 1.807) is 0 Å². The first-order valence-corrected chi connectivity index (χ1v) is 12.0. The lowest BCUT2D eigenvalue weighted by molar-refractivity contribution is -0.144. The lowest BCUT2D eigenvalue weighted by atomic mass is 9.95. The molecule has 8 N–H and O–H groups in total. The number of guanidine groups is 1. The molecule has 4 unspecified atom stereocenters. The van der Waals surface area contributed by atoms with Crippen LogP contribution in [0.15, 0.2) is 35.3 Å². The minimum Gasteiger partial charge on any atom is -0.370 e. The Morgan fingerprint density at radius 2 is 1.74 bits per heavy atom. The summed E-state index contributed by atoms with van der Waals surface area (Å²) in [5, 5.41) is 5.61. The summed E-state index contributed by atoms with van der Waals surface area (Å²) in [6.45, 7) is 3.37. The van der Waals surface area contributed by atoms with Crippen LogP contribution in [0.25, 0.3) is 0 Å². The van der Waals surface area contributed by atoms with Gasteiger partial charge in [0.25, 0.3) is 0 Å². The number of hydrogen-bond acceptors (Lipinski definition) is 5. The molecule has 35 heavy (non-hydrogen) atoms. The number of primary amides is 1. The van der Waals surface area contributed by atoms with Crippen molar-refractivity contribution in [1.82, 2.24) is 15.5 Å². The Kier molecular flexibility index (Phi) is 10.5. The van der Waals surface area contributed by atoms with Crippen LogP contribution >= 0.6 is 0 Å². The maximum Gasteiger partial charge on any atom is 0.246 e. The Morgan fingerprint density at radius 3 is 2.31 bits per heavy atom. The van der Waals surface area contributed by atoms with Gasteiger partial charge in [-0.15, -0.1) is 0 Å². The third-order valence-corrected chi connectivity index (χ3v) is 5.98. The normalized spacial score (nSPS) is 22.1. The van der Waals surface area contributed by atoms with Crippen molar-refractivity contribution in [3.8, 4) is 0 Å². The Labute approximate surface area is 205 Å². The number of amides is 4. The molecule has 11 heteroatoms. The third kappa shape index (κ3) is 8.27. The Bertz CT molecular complexity index is 918. The van der Waals surface area contributed by atoms with Crippen LogP contribution in [-0.2, 0) is 25.6 Å². The molecule has 2 rings (SSSR count). The fraction of sp³-hybridized carbons (Fsp3) is 0.542. The number of hydrogen-bond donors (Lipinski definition) is 5. The van der Waals surface area contributed by atoms with Gasteiger partial charge in [0.15, 0.2) is 5.96 Å². The minimum absolute atomic E-state index is 0.0511. The Morgan fingerprint density at radius 1 is 1.09 bits per heavy atom.